The summed E-state index contributed by atoms with van der Waals surface area (Å²) >= 11 is 0. The van der Waals surface area contributed by atoms with Crippen LogP contribution < -0.4 is 14.4 Å². The quantitative estimate of drug-likeness (QED) is 0.228. The highest BCUT2D eigenvalue weighted by Gasteiger charge is 2.35. The van der Waals surface area contributed by atoms with Crippen molar-refractivity contribution in [1.82, 2.24) is 10.2 Å². The number of rotatable bonds is 13. The number of nitrogens with zero attached hydrogens (tertiary/aromatic N) is 3. The van der Waals surface area contributed by atoms with Crippen LogP contribution in [0.3, 0.4) is 0 Å². The first-order valence-electron chi connectivity index (χ1n) is 14.0. The number of hydrogen-bond acceptors (Lipinski definition) is 7. The van der Waals surface area contributed by atoms with Gasteiger partial charge in [0.05, 0.1) is 18.3 Å². The molecule has 0 aliphatic heterocycles. The number of anilines is 1. The summed E-state index contributed by atoms with van der Waals surface area (Å²) in [5, 5.41) is 14.6. The summed E-state index contributed by atoms with van der Waals surface area (Å²) in [6, 6.07) is 21.0. The van der Waals surface area contributed by atoms with E-state index >= 15 is 0 Å². The van der Waals surface area contributed by atoms with Crippen LogP contribution in [0.5, 0.6) is 5.75 Å². The van der Waals surface area contributed by atoms with Crippen LogP contribution in [0.1, 0.15) is 36.8 Å². The molecule has 1 aliphatic rings. The second-order valence-electron chi connectivity index (χ2n) is 10.6. The molecular formula is C31H36N4O7S. The lowest BCUT2D eigenvalue weighted by Crippen LogP contribution is -2.54. The molecule has 1 N–H and O–H groups in total. The summed E-state index contributed by atoms with van der Waals surface area (Å²) in [4.78, 5) is 40.4. The molecule has 1 saturated carbocycles. The number of carbonyl (C=O) groups excluding carboxylic acids is 2. The van der Waals surface area contributed by atoms with Gasteiger partial charge in [0.1, 0.15) is 24.0 Å². The molecule has 0 heterocycles. The maximum absolute atomic E-state index is 14.2. The van der Waals surface area contributed by atoms with Crippen molar-refractivity contribution in [1.29, 1.82) is 0 Å². The largest absolute Gasteiger partial charge is 0.495 e. The van der Waals surface area contributed by atoms with E-state index in [2.05, 4.69) is 5.32 Å². The highest BCUT2D eigenvalue weighted by Crippen LogP contribution is 2.34. The lowest BCUT2D eigenvalue weighted by atomic mass is 10.0. The molecule has 12 heteroatoms. The van der Waals surface area contributed by atoms with Crippen molar-refractivity contribution < 1.29 is 27.7 Å². The zero-order valence-corrected chi connectivity index (χ0v) is 25.0. The molecule has 1 fully saturated rings. The molecule has 2 amide bonds. The van der Waals surface area contributed by atoms with E-state index in [4.69, 9.17) is 4.74 Å². The summed E-state index contributed by atoms with van der Waals surface area (Å²) < 4.78 is 32.2. The predicted octanol–water partition coefficient (Wildman–Crippen LogP) is 4.07. The molecule has 0 unspecified atom stereocenters. The van der Waals surface area contributed by atoms with Gasteiger partial charge >= 0.3 is 0 Å². The van der Waals surface area contributed by atoms with Crippen LogP contribution in [0.4, 0.5) is 11.4 Å². The van der Waals surface area contributed by atoms with Gasteiger partial charge in [-0.15, -0.1) is 0 Å². The number of nitrogens with one attached hydrogen (secondary N) is 1. The van der Waals surface area contributed by atoms with Crippen molar-refractivity contribution in [3.05, 3.63) is 100 Å². The van der Waals surface area contributed by atoms with E-state index in [0.717, 1.165) is 53.4 Å². The number of ether oxygens (including phenoxy) is 1. The van der Waals surface area contributed by atoms with E-state index in [0.29, 0.717) is 0 Å². The molecule has 228 valence electrons. The summed E-state index contributed by atoms with van der Waals surface area (Å²) in [5.41, 5.74) is 1.07. The van der Waals surface area contributed by atoms with Gasteiger partial charge in [0, 0.05) is 31.1 Å². The van der Waals surface area contributed by atoms with Gasteiger partial charge in [-0.05, 0) is 30.0 Å². The van der Waals surface area contributed by atoms with E-state index in [9.17, 15) is 28.1 Å². The summed E-state index contributed by atoms with van der Waals surface area (Å²) in [6.07, 6.45) is 4.84. The van der Waals surface area contributed by atoms with E-state index in [1.807, 2.05) is 60.7 Å². The zero-order chi connectivity index (χ0) is 31.0. The van der Waals surface area contributed by atoms with Gasteiger partial charge in [-0.25, -0.2) is 8.42 Å². The molecule has 0 saturated heterocycles. The first kappa shape index (κ1) is 31.5. The Morgan fingerprint density at radius 1 is 1.00 bits per heavy atom. The Labute approximate surface area is 251 Å². The Balaban J connectivity index is 1.76. The molecule has 3 aromatic carbocycles. The number of nitro benzene ring substituents is 1. The van der Waals surface area contributed by atoms with Crippen LogP contribution in [0.2, 0.25) is 0 Å². The van der Waals surface area contributed by atoms with Crippen LogP contribution in [0.15, 0.2) is 78.9 Å². The Morgan fingerprint density at radius 3 is 2.16 bits per heavy atom. The minimum absolute atomic E-state index is 0.00102. The SMILES string of the molecule is COc1ccc([N+](=O)[O-])cc1N(CC(=O)N(Cc1ccccc1)[C@@H](Cc1ccccc1)C(=O)NC1CCCC1)S(C)(=O)=O. The Kier molecular flexibility index (Phi) is 10.4. The van der Waals surface area contributed by atoms with Gasteiger partial charge in [0.15, 0.2) is 0 Å². The van der Waals surface area contributed by atoms with Gasteiger partial charge < -0.3 is 15.0 Å². The number of non-ortho nitro benzene ring substituents is 1. The van der Waals surface area contributed by atoms with E-state index in [-0.39, 0.29) is 42.0 Å². The fraction of sp³-hybridized carbons (Fsp3) is 0.355. The van der Waals surface area contributed by atoms with Crippen molar-refractivity contribution in [3.63, 3.8) is 0 Å². The number of benzene rings is 3. The molecule has 4 rings (SSSR count). The number of methoxy groups -OCH3 is 1. The minimum Gasteiger partial charge on any atom is -0.495 e. The van der Waals surface area contributed by atoms with Crippen molar-refractivity contribution >= 4 is 33.2 Å². The Bertz CT molecular complexity index is 1530. The fourth-order valence-corrected chi connectivity index (χ4v) is 6.13. The number of hydrogen-bond donors (Lipinski definition) is 1. The number of sulfonamides is 1. The lowest BCUT2D eigenvalue weighted by molar-refractivity contribution is -0.384. The number of carbonyl (C=O) groups is 2. The highest BCUT2D eigenvalue weighted by atomic mass is 32.2. The van der Waals surface area contributed by atoms with Gasteiger partial charge in [0.25, 0.3) is 5.69 Å². The molecule has 0 aromatic heterocycles. The van der Waals surface area contributed by atoms with Crippen molar-refractivity contribution in [2.75, 3.05) is 24.2 Å². The van der Waals surface area contributed by atoms with Crippen LogP contribution >= 0.6 is 0 Å². The first-order chi connectivity index (χ1) is 20.6. The number of nitro groups is 1. The van der Waals surface area contributed by atoms with Crippen molar-refractivity contribution in [3.8, 4) is 5.75 Å². The van der Waals surface area contributed by atoms with Gasteiger partial charge in [0.2, 0.25) is 21.8 Å². The predicted molar refractivity (Wildman–Crippen MR) is 163 cm³/mol. The van der Waals surface area contributed by atoms with Gasteiger partial charge in [-0.1, -0.05) is 73.5 Å². The molecule has 43 heavy (non-hydrogen) atoms. The molecular weight excluding hydrogens is 572 g/mol. The lowest BCUT2D eigenvalue weighted by Gasteiger charge is -2.34. The minimum atomic E-state index is -4.14. The Hall–Kier alpha value is -4.45. The standard InChI is InChI=1S/C31H36N4O7S/c1-42-29-18-17-26(35(38)39)20-27(29)34(43(2,40)41)22-30(36)33(21-24-13-7-4-8-14-24)28(19-23-11-5-3-6-12-23)31(37)32-25-15-9-10-16-25/h3-8,11-14,17-18,20,25,28H,9-10,15-16,19,21-22H2,1-2H3,(H,32,37)/t28-/m0/s1. The van der Waals surface area contributed by atoms with E-state index in [1.54, 1.807) is 0 Å². The average Bonchev–Trinajstić information content (AvgIpc) is 3.50. The van der Waals surface area contributed by atoms with Crippen LogP contribution in [-0.4, -0.2) is 62.0 Å². The van der Waals surface area contributed by atoms with Crippen LogP contribution in [0, 0.1) is 10.1 Å². The maximum Gasteiger partial charge on any atom is 0.271 e. The molecule has 1 atom stereocenters. The monoisotopic (exact) mass is 608 g/mol. The van der Waals surface area contributed by atoms with Gasteiger partial charge in [-0.2, -0.15) is 0 Å². The molecule has 11 nitrogen and oxygen atoms in total. The summed E-state index contributed by atoms with van der Waals surface area (Å²) in [5.74, 6) is -0.928. The third kappa shape index (κ3) is 8.31. The average molecular weight is 609 g/mol. The Morgan fingerprint density at radius 2 is 1.60 bits per heavy atom. The molecule has 0 radical (unpaired) electrons. The molecule has 0 spiro atoms. The zero-order valence-electron chi connectivity index (χ0n) is 24.2. The topological polar surface area (TPSA) is 139 Å². The van der Waals surface area contributed by atoms with Crippen LogP contribution in [0.25, 0.3) is 0 Å². The summed E-state index contributed by atoms with van der Waals surface area (Å²) in [7, 11) is -2.83. The molecule has 0 bridgehead atoms. The fourth-order valence-electron chi connectivity index (χ4n) is 5.28. The maximum atomic E-state index is 14.2. The van der Waals surface area contributed by atoms with E-state index in [1.165, 1.54) is 24.1 Å². The second-order valence-corrected chi connectivity index (χ2v) is 12.5. The first-order valence-corrected chi connectivity index (χ1v) is 15.9. The molecule has 3 aromatic rings. The normalized spacial score (nSPS) is 14.1. The van der Waals surface area contributed by atoms with Crippen molar-refractivity contribution in [2.45, 2.75) is 50.7 Å². The third-order valence-electron chi connectivity index (χ3n) is 7.49. The number of amides is 2. The smallest absolute Gasteiger partial charge is 0.271 e. The molecule has 1 aliphatic carbocycles. The third-order valence-corrected chi connectivity index (χ3v) is 8.62. The van der Waals surface area contributed by atoms with Crippen molar-refractivity contribution in [2.24, 2.45) is 0 Å². The van der Waals surface area contributed by atoms with E-state index < -0.39 is 33.4 Å². The second kappa shape index (κ2) is 14.1. The summed E-state index contributed by atoms with van der Waals surface area (Å²) in [6.45, 7) is -0.663. The highest BCUT2D eigenvalue weighted by molar-refractivity contribution is 7.92. The van der Waals surface area contributed by atoms with Gasteiger partial charge in [-0.3, -0.25) is 24.0 Å². The van der Waals surface area contributed by atoms with Crippen LogP contribution in [-0.2, 0) is 32.6 Å².